The number of carboxylic acids is 1. The number of aromatic nitrogens is 1. The summed E-state index contributed by atoms with van der Waals surface area (Å²) in [5.41, 5.74) is 3.96. The predicted molar refractivity (Wildman–Crippen MR) is 66.5 cm³/mol. The van der Waals surface area contributed by atoms with Crippen LogP contribution in [-0.2, 0) is 12.8 Å². The van der Waals surface area contributed by atoms with Crippen LogP contribution < -0.4 is 0 Å². The SMILES string of the molecule is O=C(O)c1csc(-c2ccc3c(c2)CCC3)n1. The lowest BCUT2D eigenvalue weighted by molar-refractivity contribution is 0.0691. The van der Waals surface area contributed by atoms with Gasteiger partial charge in [-0.05, 0) is 36.5 Å². The lowest BCUT2D eigenvalue weighted by Gasteiger charge is -2.01. The smallest absolute Gasteiger partial charge is 0.355 e. The number of carboxylic acid groups (broad SMARTS) is 1. The molecule has 1 N–H and O–H groups in total. The topological polar surface area (TPSA) is 50.2 Å². The Kier molecular flexibility index (Phi) is 2.44. The van der Waals surface area contributed by atoms with E-state index in [0.717, 1.165) is 23.4 Å². The van der Waals surface area contributed by atoms with E-state index in [1.54, 1.807) is 5.38 Å². The van der Waals surface area contributed by atoms with Gasteiger partial charge in [-0.3, -0.25) is 0 Å². The maximum Gasteiger partial charge on any atom is 0.355 e. The number of rotatable bonds is 2. The molecule has 2 aromatic rings. The van der Waals surface area contributed by atoms with Crippen LogP contribution in [-0.4, -0.2) is 16.1 Å². The summed E-state index contributed by atoms with van der Waals surface area (Å²) in [5, 5.41) is 11.2. The third-order valence-corrected chi connectivity index (χ3v) is 3.96. The molecule has 0 fully saturated rings. The fourth-order valence-electron chi connectivity index (χ4n) is 2.21. The first-order valence-electron chi connectivity index (χ1n) is 5.55. The summed E-state index contributed by atoms with van der Waals surface area (Å²) in [4.78, 5) is 14.9. The van der Waals surface area contributed by atoms with Crippen molar-refractivity contribution in [2.24, 2.45) is 0 Å². The van der Waals surface area contributed by atoms with E-state index >= 15 is 0 Å². The van der Waals surface area contributed by atoms with E-state index in [4.69, 9.17) is 5.11 Å². The zero-order valence-electron chi connectivity index (χ0n) is 9.14. The number of hydrogen-bond acceptors (Lipinski definition) is 3. The average Bonchev–Trinajstić information content (AvgIpc) is 2.97. The summed E-state index contributed by atoms with van der Waals surface area (Å²) < 4.78 is 0. The molecule has 0 saturated carbocycles. The van der Waals surface area contributed by atoms with Gasteiger partial charge in [-0.1, -0.05) is 12.1 Å². The van der Waals surface area contributed by atoms with Gasteiger partial charge in [0, 0.05) is 10.9 Å². The standard InChI is InChI=1S/C13H11NO2S/c15-13(16)11-7-17-12(14-11)10-5-4-8-2-1-3-9(8)6-10/h4-7H,1-3H2,(H,15,16). The lowest BCUT2D eigenvalue weighted by Crippen LogP contribution is -1.95. The molecule has 0 aliphatic heterocycles. The first kappa shape index (κ1) is 10.5. The third kappa shape index (κ3) is 1.85. The maximum atomic E-state index is 10.8. The summed E-state index contributed by atoms with van der Waals surface area (Å²) in [7, 11) is 0. The summed E-state index contributed by atoms with van der Waals surface area (Å²) in [6.07, 6.45) is 3.51. The first-order chi connectivity index (χ1) is 8.24. The van der Waals surface area contributed by atoms with Crippen molar-refractivity contribution in [2.45, 2.75) is 19.3 Å². The van der Waals surface area contributed by atoms with Crippen LogP contribution in [0.1, 0.15) is 28.0 Å². The fourth-order valence-corrected chi connectivity index (χ4v) is 3.00. The number of hydrogen-bond donors (Lipinski definition) is 1. The molecular formula is C13H11NO2S. The second kappa shape index (κ2) is 3.96. The van der Waals surface area contributed by atoms with Crippen LogP contribution in [0, 0.1) is 0 Å². The maximum absolute atomic E-state index is 10.8. The average molecular weight is 245 g/mol. The van der Waals surface area contributed by atoms with E-state index in [1.807, 2.05) is 6.07 Å². The van der Waals surface area contributed by atoms with Crippen molar-refractivity contribution in [1.82, 2.24) is 4.98 Å². The molecular weight excluding hydrogens is 234 g/mol. The number of carbonyl (C=O) groups is 1. The number of fused-ring (bicyclic) bond motifs is 1. The zero-order valence-corrected chi connectivity index (χ0v) is 9.96. The number of aromatic carboxylic acids is 1. The molecule has 0 amide bonds. The van der Waals surface area contributed by atoms with Crippen LogP contribution in [0.15, 0.2) is 23.6 Å². The Morgan fingerprint density at radius 1 is 1.29 bits per heavy atom. The second-order valence-corrected chi connectivity index (χ2v) is 5.04. The highest BCUT2D eigenvalue weighted by Gasteiger charge is 2.14. The van der Waals surface area contributed by atoms with E-state index in [2.05, 4.69) is 17.1 Å². The largest absolute Gasteiger partial charge is 0.476 e. The van der Waals surface area contributed by atoms with Gasteiger partial charge in [0.25, 0.3) is 0 Å². The Labute approximate surface area is 103 Å². The van der Waals surface area contributed by atoms with Crippen LogP contribution in [0.5, 0.6) is 0 Å². The molecule has 1 aromatic heterocycles. The van der Waals surface area contributed by atoms with Crippen LogP contribution in [0.2, 0.25) is 0 Å². The van der Waals surface area contributed by atoms with Gasteiger partial charge in [-0.25, -0.2) is 9.78 Å². The van der Waals surface area contributed by atoms with Gasteiger partial charge in [0.05, 0.1) is 0 Å². The van der Waals surface area contributed by atoms with Crippen molar-refractivity contribution in [3.8, 4) is 10.6 Å². The van der Waals surface area contributed by atoms with Gasteiger partial charge in [0.1, 0.15) is 5.01 Å². The van der Waals surface area contributed by atoms with E-state index in [9.17, 15) is 4.79 Å². The predicted octanol–water partition coefficient (Wildman–Crippen LogP) is 3.00. The minimum absolute atomic E-state index is 0.130. The van der Waals surface area contributed by atoms with Crippen molar-refractivity contribution in [1.29, 1.82) is 0 Å². The summed E-state index contributed by atoms with van der Waals surface area (Å²) in [6.45, 7) is 0. The van der Waals surface area contributed by atoms with E-state index in [0.29, 0.717) is 0 Å². The fraction of sp³-hybridized carbons (Fsp3) is 0.231. The first-order valence-corrected chi connectivity index (χ1v) is 6.43. The lowest BCUT2D eigenvalue weighted by atomic mass is 10.1. The molecule has 0 saturated heterocycles. The Hall–Kier alpha value is -1.68. The van der Waals surface area contributed by atoms with E-state index in [1.165, 1.54) is 28.9 Å². The summed E-state index contributed by atoms with van der Waals surface area (Å²) in [6, 6.07) is 6.32. The molecule has 0 atom stereocenters. The van der Waals surface area contributed by atoms with Crippen LogP contribution in [0.4, 0.5) is 0 Å². The Bertz CT molecular complexity index is 589. The van der Waals surface area contributed by atoms with Crippen LogP contribution in [0.25, 0.3) is 10.6 Å². The van der Waals surface area contributed by atoms with Crippen molar-refractivity contribution in [3.63, 3.8) is 0 Å². The summed E-state index contributed by atoms with van der Waals surface area (Å²) >= 11 is 1.38. The molecule has 1 aliphatic rings. The number of aryl methyl sites for hydroxylation is 2. The molecule has 1 heterocycles. The van der Waals surface area contributed by atoms with Gasteiger partial charge in [-0.15, -0.1) is 11.3 Å². The van der Waals surface area contributed by atoms with Crippen LogP contribution >= 0.6 is 11.3 Å². The normalized spacial score (nSPS) is 13.6. The van der Waals surface area contributed by atoms with E-state index < -0.39 is 5.97 Å². The van der Waals surface area contributed by atoms with Gasteiger partial charge >= 0.3 is 5.97 Å². The molecule has 3 nitrogen and oxygen atoms in total. The molecule has 4 heteroatoms. The van der Waals surface area contributed by atoms with Crippen molar-refractivity contribution in [3.05, 3.63) is 40.4 Å². The summed E-state index contributed by atoms with van der Waals surface area (Å²) in [5.74, 6) is -0.964. The Balaban J connectivity index is 2.00. The quantitative estimate of drug-likeness (QED) is 0.884. The van der Waals surface area contributed by atoms with E-state index in [-0.39, 0.29) is 5.69 Å². The van der Waals surface area contributed by atoms with Crippen molar-refractivity contribution < 1.29 is 9.90 Å². The third-order valence-electron chi connectivity index (χ3n) is 3.07. The van der Waals surface area contributed by atoms with Gasteiger partial charge in [-0.2, -0.15) is 0 Å². The molecule has 1 aromatic carbocycles. The van der Waals surface area contributed by atoms with Crippen LogP contribution in [0.3, 0.4) is 0 Å². The molecule has 3 rings (SSSR count). The molecule has 1 aliphatic carbocycles. The Morgan fingerprint density at radius 2 is 2.12 bits per heavy atom. The van der Waals surface area contributed by atoms with Gasteiger partial charge in [0.2, 0.25) is 0 Å². The van der Waals surface area contributed by atoms with Crippen molar-refractivity contribution in [2.75, 3.05) is 0 Å². The molecule has 17 heavy (non-hydrogen) atoms. The monoisotopic (exact) mass is 245 g/mol. The molecule has 0 bridgehead atoms. The van der Waals surface area contributed by atoms with Gasteiger partial charge in [0.15, 0.2) is 5.69 Å². The minimum Gasteiger partial charge on any atom is -0.476 e. The zero-order chi connectivity index (χ0) is 11.8. The van der Waals surface area contributed by atoms with Gasteiger partial charge < -0.3 is 5.11 Å². The molecule has 0 spiro atoms. The van der Waals surface area contributed by atoms with Crippen molar-refractivity contribution >= 4 is 17.3 Å². The highest BCUT2D eigenvalue weighted by Crippen LogP contribution is 2.29. The number of benzene rings is 1. The highest BCUT2D eigenvalue weighted by atomic mass is 32.1. The molecule has 0 unspecified atom stereocenters. The molecule has 86 valence electrons. The Morgan fingerprint density at radius 3 is 2.88 bits per heavy atom. The highest BCUT2D eigenvalue weighted by molar-refractivity contribution is 7.13. The second-order valence-electron chi connectivity index (χ2n) is 4.18. The minimum atomic E-state index is -0.964. The number of nitrogens with zero attached hydrogens (tertiary/aromatic N) is 1. The molecule has 0 radical (unpaired) electrons. The number of thiazole rings is 1.